The van der Waals surface area contributed by atoms with Crippen LogP contribution >= 0.6 is 0 Å². The number of hydrogen-bond donors (Lipinski definition) is 0. The van der Waals surface area contributed by atoms with Crippen LogP contribution in [0.2, 0.25) is 0 Å². The maximum absolute atomic E-state index is 13.0. The number of hydrogen-bond acceptors (Lipinski definition) is 4. The zero-order valence-electron chi connectivity index (χ0n) is 18.1. The van der Waals surface area contributed by atoms with Gasteiger partial charge in [0.25, 0.3) is 0 Å². The summed E-state index contributed by atoms with van der Waals surface area (Å²) in [5.41, 5.74) is 2.87. The lowest BCUT2D eigenvalue weighted by Gasteiger charge is -2.26. The minimum absolute atomic E-state index is 0.0123. The fourth-order valence-electron chi connectivity index (χ4n) is 4.14. The quantitative estimate of drug-likeness (QED) is 0.548. The number of rotatable bonds is 9. The third-order valence-corrected chi connectivity index (χ3v) is 5.75. The van der Waals surface area contributed by atoms with E-state index in [1.54, 1.807) is 14.2 Å². The number of nitrogens with zero attached hydrogens (tertiary/aromatic N) is 1. The van der Waals surface area contributed by atoms with Crippen molar-refractivity contribution in [1.82, 2.24) is 4.90 Å². The predicted octanol–water partition coefficient (Wildman–Crippen LogP) is 4.98. The first-order valence-electron chi connectivity index (χ1n) is 10.7. The molecule has 1 fully saturated rings. The van der Waals surface area contributed by atoms with Gasteiger partial charge >= 0.3 is 0 Å². The van der Waals surface area contributed by atoms with Crippen molar-refractivity contribution in [2.45, 2.75) is 51.5 Å². The standard InChI is InChI=1S/C25H31NO4/c1-4-6-18-8-10-19(11-9-18)23(27)13-15-25(28)26-16-5-7-22(26)21-17-20(29-2)12-14-24(21)30-3/h8-12,14,17,22H,4-7,13,15-16H2,1-3H3. The first-order valence-corrected chi connectivity index (χ1v) is 10.7. The highest BCUT2D eigenvalue weighted by Gasteiger charge is 2.32. The summed E-state index contributed by atoms with van der Waals surface area (Å²) >= 11 is 0. The molecule has 30 heavy (non-hydrogen) atoms. The molecule has 1 saturated heterocycles. The molecule has 0 bridgehead atoms. The van der Waals surface area contributed by atoms with E-state index in [0.717, 1.165) is 42.7 Å². The summed E-state index contributed by atoms with van der Waals surface area (Å²) in [6.07, 6.45) is 4.35. The number of ketones is 1. The number of carbonyl (C=O) groups is 2. The van der Waals surface area contributed by atoms with E-state index in [4.69, 9.17) is 9.47 Å². The molecule has 1 aliphatic rings. The Balaban J connectivity index is 1.65. The van der Waals surface area contributed by atoms with Crippen LogP contribution < -0.4 is 9.47 Å². The van der Waals surface area contributed by atoms with Crippen LogP contribution in [0.4, 0.5) is 0 Å². The van der Waals surface area contributed by atoms with Crippen molar-refractivity contribution in [1.29, 1.82) is 0 Å². The van der Waals surface area contributed by atoms with Gasteiger partial charge in [-0.2, -0.15) is 0 Å². The largest absolute Gasteiger partial charge is 0.497 e. The Kier molecular flexibility index (Phi) is 7.50. The molecule has 0 N–H and O–H groups in total. The Hall–Kier alpha value is -2.82. The number of amides is 1. The molecule has 0 aromatic heterocycles. The molecule has 0 aliphatic carbocycles. The van der Waals surface area contributed by atoms with Crippen LogP contribution in [0.5, 0.6) is 11.5 Å². The zero-order valence-corrected chi connectivity index (χ0v) is 18.1. The third kappa shape index (κ3) is 5.02. The first kappa shape index (κ1) is 21.9. The minimum atomic E-state index is -0.0500. The van der Waals surface area contributed by atoms with Gasteiger partial charge in [0.05, 0.1) is 20.3 Å². The molecule has 0 spiro atoms. The summed E-state index contributed by atoms with van der Waals surface area (Å²) in [4.78, 5) is 27.4. The molecule has 1 atom stereocenters. The van der Waals surface area contributed by atoms with Crippen molar-refractivity contribution in [3.63, 3.8) is 0 Å². The smallest absolute Gasteiger partial charge is 0.223 e. The zero-order chi connectivity index (χ0) is 21.5. The van der Waals surface area contributed by atoms with Crippen LogP contribution in [-0.2, 0) is 11.2 Å². The molecule has 1 heterocycles. The van der Waals surface area contributed by atoms with Gasteiger partial charge in [0.2, 0.25) is 5.91 Å². The van der Waals surface area contributed by atoms with Crippen molar-refractivity contribution in [2.24, 2.45) is 0 Å². The fourth-order valence-corrected chi connectivity index (χ4v) is 4.14. The molecule has 0 saturated carbocycles. The fraction of sp³-hybridized carbons (Fsp3) is 0.440. The first-order chi connectivity index (χ1) is 14.6. The molecule has 1 amide bonds. The van der Waals surface area contributed by atoms with E-state index in [0.29, 0.717) is 12.1 Å². The van der Waals surface area contributed by atoms with E-state index in [-0.39, 0.29) is 30.6 Å². The van der Waals surface area contributed by atoms with E-state index < -0.39 is 0 Å². The van der Waals surface area contributed by atoms with Gasteiger partial charge in [-0.3, -0.25) is 9.59 Å². The Morgan fingerprint density at radius 2 is 1.80 bits per heavy atom. The van der Waals surface area contributed by atoms with Crippen LogP contribution in [0.15, 0.2) is 42.5 Å². The van der Waals surface area contributed by atoms with Crippen LogP contribution in [0.25, 0.3) is 0 Å². The summed E-state index contributed by atoms with van der Waals surface area (Å²) < 4.78 is 10.9. The topological polar surface area (TPSA) is 55.8 Å². The van der Waals surface area contributed by atoms with Gasteiger partial charge in [-0.25, -0.2) is 0 Å². The summed E-state index contributed by atoms with van der Waals surface area (Å²) in [5, 5.41) is 0. The van der Waals surface area contributed by atoms with Crippen LogP contribution in [0.3, 0.4) is 0 Å². The highest BCUT2D eigenvalue weighted by molar-refractivity contribution is 5.98. The molecule has 2 aromatic carbocycles. The van der Waals surface area contributed by atoms with E-state index >= 15 is 0 Å². The van der Waals surface area contributed by atoms with Crippen LogP contribution in [0.1, 0.15) is 66.6 Å². The average Bonchev–Trinajstić information content (AvgIpc) is 3.27. The molecule has 3 rings (SSSR count). The second kappa shape index (κ2) is 10.3. The maximum atomic E-state index is 13.0. The Morgan fingerprint density at radius 1 is 1.03 bits per heavy atom. The summed E-state index contributed by atoms with van der Waals surface area (Å²) in [5.74, 6) is 1.52. The number of carbonyl (C=O) groups excluding carboxylic acids is 2. The van der Waals surface area contributed by atoms with Crippen molar-refractivity contribution in [3.05, 3.63) is 59.2 Å². The number of ether oxygens (including phenoxy) is 2. The van der Waals surface area contributed by atoms with Gasteiger partial charge in [0.1, 0.15) is 11.5 Å². The third-order valence-electron chi connectivity index (χ3n) is 5.75. The monoisotopic (exact) mass is 409 g/mol. The van der Waals surface area contributed by atoms with Crippen molar-refractivity contribution < 1.29 is 19.1 Å². The molecule has 5 nitrogen and oxygen atoms in total. The second-order valence-electron chi connectivity index (χ2n) is 7.72. The molecule has 1 aliphatic heterocycles. The molecular weight excluding hydrogens is 378 g/mol. The molecule has 5 heteroatoms. The number of methoxy groups -OCH3 is 2. The molecular formula is C25H31NO4. The maximum Gasteiger partial charge on any atom is 0.223 e. The lowest BCUT2D eigenvalue weighted by atomic mass is 10.0. The molecule has 160 valence electrons. The van der Waals surface area contributed by atoms with Crippen molar-refractivity contribution in [3.8, 4) is 11.5 Å². The van der Waals surface area contributed by atoms with Gasteiger partial charge in [-0.15, -0.1) is 0 Å². The van der Waals surface area contributed by atoms with Crippen molar-refractivity contribution >= 4 is 11.7 Å². The van der Waals surface area contributed by atoms with Gasteiger partial charge in [0, 0.05) is 30.5 Å². The number of aryl methyl sites for hydroxylation is 1. The summed E-state index contributed by atoms with van der Waals surface area (Å²) in [7, 11) is 3.26. The SMILES string of the molecule is CCCc1ccc(C(=O)CCC(=O)N2CCCC2c2cc(OC)ccc2OC)cc1. The minimum Gasteiger partial charge on any atom is -0.497 e. The Bertz CT molecular complexity index is 875. The lowest BCUT2D eigenvalue weighted by molar-refractivity contribution is -0.132. The molecule has 1 unspecified atom stereocenters. The van der Waals surface area contributed by atoms with Gasteiger partial charge < -0.3 is 14.4 Å². The number of Topliss-reactive ketones (excluding diaryl/α,β-unsaturated/α-hetero) is 1. The molecule has 0 radical (unpaired) electrons. The van der Waals surface area contributed by atoms with E-state index in [1.807, 2.05) is 47.4 Å². The highest BCUT2D eigenvalue weighted by atomic mass is 16.5. The van der Waals surface area contributed by atoms with Crippen molar-refractivity contribution in [2.75, 3.05) is 20.8 Å². The van der Waals surface area contributed by atoms with E-state index in [9.17, 15) is 9.59 Å². The van der Waals surface area contributed by atoms with Crippen LogP contribution in [-0.4, -0.2) is 37.4 Å². The summed E-state index contributed by atoms with van der Waals surface area (Å²) in [6, 6.07) is 13.4. The second-order valence-corrected chi connectivity index (χ2v) is 7.72. The normalized spacial score (nSPS) is 15.8. The van der Waals surface area contributed by atoms with E-state index in [2.05, 4.69) is 6.92 Å². The van der Waals surface area contributed by atoms with Gasteiger partial charge in [-0.05, 0) is 43.0 Å². The summed E-state index contributed by atoms with van der Waals surface area (Å²) in [6.45, 7) is 2.83. The lowest BCUT2D eigenvalue weighted by Crippen LogP contribution is -2.31. The van der Waals surface area contributed by atoms with Gasteiger partial charge in [-0.1, -0.05) is 37.6 Å². The van der Waals surface area contributed by atoms with E-state index in [1.165, 1.54) is 5.56 Å². The Labute approximate surface area is 179 Å². The number of benzene rings is 2. The highest BCUT2D eigenvalue weighted by Crippen LogP contribution is 2.39. The van der Waals surface area contributed by atoms with Gasteiger partial charge in [0.15, 0.2) is 5.78 Å². The molecule has 2 aromatic rings. The number of likely N-dealkylation sites (tertiary alicyclic amines) is 1. The predicted molar refractivity (Wildman–Crippen MR) is 117 cm³/mol. The Morgan fingerprint density at radius 3 is 2.47 bits per heavy atom. The van der Waals surface area contributed by atoms with Crippen LogP contribution in [0, 0.1) is 0 Å². The average molecular weight is 410 g/mol.